The monoisotopic (exact) mass is 436 g/mol. The van der Waals surface area contributed by atoms with Gasteiger partial charge in [-0.15, -0.1) is 10.2 Å². The summed E-state index contributed by atoms with van der Waals surface area (Å²) < 4.78 is 17.3. The molecule has 4 rings (SSSR count). The Morgan fingerprint density at radius 1 is 1.13 bits per heavy atom. The van der Waals surface area contributed by atoms with Crippen molar-refractivity contribution in [3.63, 3.8) is 0 Å². The third kappa shape index (κ3) is 4.51. The van der Waals surface area contributed by atoms with E-state index in [4.69, 9.17) is 0 Å². The molecule has 7 nitrogen and oxygen atoms in total. The van der Waals surface area contributed by atoms with E-state index in [1.807, 2.05) is 55.2 Å². The summed E-state index contributed by atoms with van der Waals surface area (Å²) in [7, 11) is 3.72. The number of thioether (sulfide) groups is 1. The first-order chi connectivity index (χ1) is 14.9. The Labute approximate surface area is 183 Å². The molecule has 31 heavy (non-hydrogen) atoms. The molecule has 0 atom stereocenters. The third-order valence-electron chi connectivity index (χ3n) is 4.74. The Morgan fingerprint density at radius 2 is 1.90 bits per heavy atom. The van der Waals surface area contributed by atoms with Crippen LogP contribution in [0.2, 0.25) is 0 Å². The second-order valence-corrected chi connectivity index (χ2v) is 8.04. The highest BCUT2D eigenvalue weighted by Crippen LogP contribution is 2.31. The lowest BCUT2D eigenvalue weighted by molar-refractivity contribution is -0.113. The summed E-state index contributed by atoms with van der Waals surface area (Å²) in [6.45, 7) is 1.67. The maximum atomic E-state index is 13.7. The zero-order chi connectivity index (χ0) is 22.0. The lowest BCUT2D eigenvalue weighted by Crippen LogP contribution is -2.14. The first kappa shape index (κ1) is 20.8. The molecule has 158 valence electrons. The fraction of sp³-hybridized carbons (Fsp3) is 0.182. The summed E-state index contributed by atoms with van der Waals surface area (Å²) in [6, 6.07) is 14.5. The molecule has 0 unspecified atom stereocenters. The normalized spacial score (nSPS) is 11.0. The molecule has 0 bridgehead atoms. The van der Waals surface area contributed by atoms with Gasteiger partial charge in [-0.2, -0.15) is 5.10 Å². The highest BCUT2D eigenvalue weighted by atomic mass is 32.2. The van der Waals surface area contributed by atoms with Gasteiger partial charge in [0, 0.05) is 31.5 Å². The van der Waals surface area contributed by atoms with Gasteiger partial charge < -0.3 is 9.88 Å². The fourth-order valence-corrected chi connectivity index (χ4v) is 3.85. The van der Waals surface area contributed by atoms with E-state index in [9.17, 15) is 9.18 Å². The molecule has 0 aliphatic heterocycles. The molecule has 1 amide bonds. The van der Waals surface area contributed by atoms with Crippen molar-refractivity contribution in [3.05, 3.63) is 66.1 Å². The Bertz CT molecular complexity index is 1230. The van der Waals surface area contributed by atoms with Crippen molar-refractivity contribution >= 4 is 23.4 Å². The second-order valence-electron chi connectivity index (χ2n) is 7.10. The number of carbonyl (C=O) groups is 1. The average Bonchev–Trinajstić information content (AvgIpc) is 3.32. The van der Waals surface area contributed by atoms with Crippen LogP contribution in [-0.2, 0) is 18.9 Å². The topological polar surface area (TPSA) is 77.6 Å². The number of anilines is 1. The molecule has 0 fully saturated rings. The predicted octanol–water partition coefficient (Wildman–Crippen LogP) is 4.06. The van der Waals surface area contributed by atoms with Gasteiger partial charge in [0.1, 0.15) is 11.5 Å². The highest BCUT2D eigenvalue weighted by molar-refractivity contribution is 7.99. The Balaban J connectivity index is 1.49. The van der Waals surface area contributed by atoms with E-state index in [0.29, 0.717) is 22.2 Å². The number of aromatic nitrogens is 5. The van der Waals surface area contributed by atoms with Crippen LogP contribution in [0.15, 0.2) is 59.9 Å². The molecular weight excluding hydrogens is 415 g/mol. The first-order valence-corrected chi connectivity index (χ1v) is 10.6. The number of carbonyl (C=O) groups excluding carboxylic acids is 1. The lowest BCUT2D eigenvalue weighted by Gasteiger charge is -2.07. The molecule has 4 aromatic rings. The SMILES string of the molecule is Cc1ccc(NC(=O)CSc2nnc(-c3cn(C)nc3-c3ccccc3)n2C)cc1F. The van der Waals surface area contributed by atoms with Crippen LogP contribution in [0.25, 0.3) is 22.6 Å². The number of nitrogens with one attached hydrogen (secondary N) is 1. The Hall–Kier alpha value is -3.46. The van der Waals surface area contributed by atoms with Crippen molar-refractivity contribution < 1.29 is 9.18 Å². The van der Waals surface area contributed by atoms with Gasteiger partial charge in [-0.25, -0.2) is 4.39 Å². The summed E-state index contributed by atoms with van der Waals surface area (Å²) in [5.41, 5.74) is 3.61. The molecule has 2 aromatic heterocycles. The van der Waals surface area contributed by atoms with E-state index in [1.54, 1.807) is 23.7 Å². The van der Waals surface area contributed by atoms with E-state index in [1.165, 1.54) is 17.8 Å². The fourth-order valence-electron chi connectivity index (χ4n) is 3.13. The van der Waals surface area contributed by atoms with E-state index >= 15 is 0 Å². The summed E-state index contributed by atoms with van der Waals surface area (Å²) in [6.07, 6.45) is 1.90. The number of amides is 1. The Morgan fingerprint density at radius 3 is 2.65 bits per heavy atom. The van der Waals surface area contributed by atoms with Crippen LogP contribution in [0.4, 0.5) is 10.1 Å². The number of aryl methyl sites for hydroxylation is 2. The van der Waals surface area contributed by atoms with Gasteiger partial charge in [0.15, 0.2) is 11.0 Å². The van der Waals surface area contributed by atoms with Crippen molar-refractivity contribution in [2.45, 2.75) is 12.1 Å². The van der Waals surface area contributed by atoms with E-state index in [-0.39, 0.29) is 17.5 Å². The molecule has 0 aliphatic carbocycles. The van der Waals surface area contributed by atoms with Crippen molar-refractivity contribution in [1.29, 1.82) is 0 Å². The van der Waals surface area contributed by atoms with Gasteiger partial charge in [0.05, 0.1) is 11.3 Å². The summed E-state index contributed by atoms with van der Waals surface area (Å²) in [4.78, 5) is 12.3. The van der Waals surface area contributed by atoms with E-state index in [2.05, 4.69) is 20.6 Å². The van der Waals surface area contributed by atoms with Crippen LogP contribution in [0.3, 0.4) is 0 Å². The zero-order valence-corrected chi connectivity index (χ0v) is 18.2. The van der Waals surface area contributed by atoms with E-state index < -0.39 is 0 Å². The Kier molecular flexibility index (Phi) is 5.85. The summed E-state index contributed by atoms with van der Waals surface area (Å²) in [5.74, 6) is 0.189. The largest absolute Gasteiger partial charge is 0.325 e. The number of halogens is 1. The van der Waals surface area contributed by atoms with Crippen molar-refractivity contribution in [3.8, 4) is 22.6 Å². The van der Waals surface area contributed by atoms with Crippen LogP contribution in [0.5, 0.6) is 0 Å². The molecule has 1 N–H and O–H groups in total. The molecule has 0 aliphatic rings. The second kappa shape index (κ2) is 8.73. The van der Waals surface area contributed by atoms with Crippen LogP contribution >= 0.6 is 11.8 Å². The number of rotatable bonds is 6. The lowest BCUT2D eigenvalue weighted by atomic mass is 10.1. The average molecular weight is 437 g/mol. The van der Waals surface area contributed by atoms with Gasteiger partial charge in [-0.05, 0) is 24.6 Å². The number of hydrogen-bond donors (Lipinski definition) is 1. The molecule has 9 heteroatoms. The van der Waals surface area contributed by atoms with Crippen LogP contribution in [0.1, 0.15) is 5.56 Å². The van der Waals surface area contributed by atoms with Crippen LogP contribution in [0, 0.1) is 12.7 Å². The van der Waals surface area contributed by atoms with Crippen LogP contribution in [-0.4, -0.2) is 36.2 Å². The highest BCUT2D eigenvalue weighted by Gasteiger charge is 2.19. The molecular formula is C22H21FN6OS. The molecule has 0 radical (unpaired) electrons. The van der Waals surface area contributed by atoms with Crippen molar-refractivity contribution in [1.82, 2.24) is 24.5 Å². The molecule has 0 spiro atoms. The standard InChI is InChI=1S/C22H21FN6OS/c1-14-9-10-16(11-18(14)23)24-19(30)13-31-22-26-25-21(29(22)3)17-12-28(2)27-20(17)15-7-5-4-6-8-15/h4-12H,13H2,1-3H3,(H,24,30). The first-order valence-electron chi connectivity index (χ1n) is 9.60. The minimum atomic E-state index is -0.353. The quantitative estimate of drug-likeness (QED) is 0.461. The van der Waals surface area contributed by atoms with Crippen molar-refractivity contribution in [2.24, 2.45) is 14.1 Å². The smallest absolute Gasteiger partial charge is 0.234 e. The summed E-state index contributed by atoms with van der Waals surface area (Å²) >= 11 is 1.26. The maximum absolute atomic E-state index is 13.7. The molecule has 0 saturated carbocycles. The van der Waals surface area contributed by atoms with Crippen molar-refractivity contribution in [2.75, 3.05) is 11.1 Å². The zero-order valence-electron chi connectivity index (χ0n) is 17.3. The van der Waals surface area contributed by atoms with Gasteiger partial charge in [0.2, 0.25) is 5.91 Å². The number of benzene rings is 2. The number of hydrogen-bond acceptors (Lipinski definition) is 5. The minimum Gasteiger partial charge on any atom is -0.325 e. The molecule has 0 saturated heterocycles. The molecule has 2 heterocycles. The maximum Gasteiger partial charge on any atom is 0.234 e. The van der Waals surface area contributed by atoms with Crippen LogP contribution < -0.4 is 5.32 Å². The van der Waals surface area contributed by atoms with Gasteiger partial charge >= 0.3 is 0 Å². The van der Waals surface area contributed by atoms with Gasteiger partial charge in [-0.1, -0.05) is 48.2 Å². The van der Waals surface area contributed by atoms with E-state index in [0.717, 1.165) is 16.8 Å². The third-order valence-corrected chi connectivity index (χ3v) is 5.76. The van der Waals surface area contributed by atoms with Gasteiger partial charge in [0.25, 0.3) is 0 Å². The number of nitrogens with zero attached hydrogens (tertiary/aromatic N) is 5. The minimum absolute atomic E-state index is 0.125. The van der Waals surface area contributed by atoms with Gasteiger partial charge in [-0.3, -0.25) is 9.48 Å². The predicted molar refractivity (Wildman–Crippen MR) is 119 cm³/mol. The summed E-state index contributed by atoms with van der Waals surface area (Å²) in [5, 5.41) is 16.4. The molecule has 2 aromatic carbocycles.